The third-order valence-corrected chi connectivity index (χ3v) is 4.58. The molecule has 1 aromatic rings. The molecule has 1 aliphatic heterocycles. The van der Waals surface area contributed by atoms with E-state index < -0.39 is 11.5 Å². The first-order valence-electron chi connectivity index (χ1n) is 7.81. The lowest BCUT2D eigenvalue weighted by Crippen LogP contribution is -2.62. The molecule has 114 valence electrons. The zero-order valence-electron chi connectivity index (χ0n) is 12.8. The first-order chi connectivity index (χ1) is 10.0. The Morgan fingerprint density at radius 1 is 1.33 bits per heavy atom. The van der Waals surface area contributed by atoms with Crippen molar-refractivity contribution in [3.05, 3.63) is 35.4 Å². The van der Waals surface area contributed by atoms with Crippen LogP contribution in [0.1, 0.15) is 37.8 Å². The van der Waals surface area contributed by atoms with Crippen LogP contribution in [-0.4, -0.2) is 34.1 Å². The van der Waals surface area contributed by atoms with E-state index in [2.05, 4.69) is 34.5 Å². The fourth-order valence-electron chi connectivity index (χ4n) is 3.56. The van der Waals surface area contributed by atoms with Crippen molar-refractivity contribution in [3.63, 3.8) is 0 Å². The SMILES string of the molecule is CC(C)NC(CN1Cc2ccccc2C1)(C(=O)O)C1CC1. The Balaban J connectivity index is 1.78. The molecule has 3 rings (SSSR count). The Kier molecular flexibility index (Phi) is 3.76. The first kappa shape index (κ1) is 14.5. The average Bonchev–Trinajstić information content (AvgIpc) is 3.18. The predicted octanol–water partition coefficient (Wildman–Crippen LogP) is 2.23. The number of aliphatic carboxylic acids is 1. The molecule has 1 heterocycles. The van der Waals surface area contributed by atoms with Gasteiger partial charge in [0.15, 0.2) is 0 Å². The van der Waals surface area contributed by atoms with Crippen molar-refractivity contribution in [2.24, 2.45) is 5.92 Å². The molecule has 0 radical (unpaired) electrons. The fourth-order valence-corrected chi connectivity index (χ4v) is 3.56. The summed E-state index contributed by atoms with van der Waals surface area (Å²) in [5, 5.41) is 13.2. The summed E-state index contributed by atoms with van der Waals surface area (Å²) in [4.78, 5) is 14.3. The van der Waals surface area contributed by atoms with Gasteiger partial charge in [-0.15, -0.1) is 0 Å². The van der Waals surface area contributed by atoms with Crippen molar-refractivity contribution in [1.82, 2.24) is 10.2 Å². The molecule has 0 amide bonds. The van der Waals surface area contributed by atoms with Gasteiger partial charge in [-0.05, 0) is 43.7 Å². The van der Waals surface area contributed by atoms with Gasteiger partial charge in [0.25, 0.3) is 0 Å². The summed E-state index contributed by atoms with van der Waals surface area (Å²) in [7, 11) is 0. The largest absolute Gasteiger partial charge is 0.480 e. The molecule has 1 aromatic carbocycles. The van der Waals surface area contributed by atoms with Crippen LogP contribution in [0, 0.1) is 5.92 Å². The molecule has 0 saturated heterocycles. The first-order valence-corrected chi connectivity index (χ1v) is 7.81. The van der Waals surface area contributed by atoms with E-state index in [1.165, 1.54) is 11.1 Å². The van der Waals surface area contributed by atoms with Gasteiger partial charge in [-0.1, -0.05) is 24.3 Å². The van der Waals surface area contributed by atoms with E-state index in [9.17, 15) is 9.90 Å². The quantitative estimate of drug-likeness (QED) is 0.843. The third kappa shape index (κ3) is 2.83. The molecule has 2 N–H and O–H groups in total. The van der Waals surface area contributed by atoms with Crippen molar-refractivity contribution < 1.29 is 9.90 Å². The number of rotatable bonds is 6. The Hall–Kier alpha value is -1.39. The van der Waals surface area contributed by atoms with Crippen LogP contribution in [0.25, 0.3) is 0 Å². The zero-order chi connectivity index (χ0) is 15.0. The minimum atomic E-state index is -0.795. The maximum absolute atomic E-state index is 12.0. The van der Waals surface area contributed by atoms with Crippen LogP contribution in [0.5, 0.6) is 0 Å². The van der Waals surface area contributed by atoms with E-state index in [0.717, 1.165) is 25.9 Å². The highest BCUT2D eigenvalue weighted by molar-refractivity contribution is 5.80. The highest BCUT2D eigenvalue weighted by atomic mass is 16.4. The van der Waals surface area contributed by atoms with Gasteiger partial charge in [-0.2, -0.15) is 0 Å². The van der Waals surface area contributed by atoms with Crippen molar-refractivity contribution >= 4 is 5.97 Å². The number of hydrogen-bond donors (Lipinski definition) is 2. The number of carboxylic acid groups (broad SMARTS) is 1. The van der Waals surface area contributed by atoms with Gasteiger partial charge >= 0.3 is 5.97 Å². The van der Waals surface area contributed by atoms with Crippen LogP contribution in [-0.2, 0) is 17.9 Å². The number of carboxylic acids is 1. The van der Waals surface area contributed by atoms with E-state index in [-0.39, 0.29) is 12.0 Å². The molecular formula is C17H24N2O2. The molecule has 1 saturated carbocycles. The van der Waals surface area contributed by atoms with Crippen LogP contribution in [0.4, 0.5) is 0 Å². The summed E-state index contributed by atoms with van der Waals surface area (Å²) in [6, 6.07) is 8.57. The topological polar surface area (TPSA) is 52.6 Å². The van der Waals surface area contributed by atoms with Gasteiger partial charge in [0.1, 0.15) is 5.54 Å². The molecule has 1 atom stereocenters. The Morgan fingerprint density at radius 3 is 2.33 bits per heavy atom. The number of carbonyl (C=O) groups is 1. The lowest BCUT2D eigenvalue weighted by atomic mass is 9.91. The minimum absolute atomic E-state index is 0.173. The standard InChI is InChI=1S/C17H24N2O2/c1-12(2)18-17(16(20)21,15-7-8-15)11-19-9-13-5-3-4-6-14(13)10-19/h3-6,12,15,18H,7-11H2,1-2H3,(H,20,21). The fraction of sp³-hybridized carbons (Fsp3) is 0.588. The van der Waals surface area contributed by atoms with E-state index in [4.69, 9.17) is 0 Å². The second-order valence-corrected chi connectivity index (χ2v) is 6.76. The molecule has 4 heteroatoms. The summed E-state index contributed by atoms with van der Waals surface area (Å²) in [5.41, 5.74) is 1.87. The van der Waals surface area contributed by atoms with Crippen LogP contribution >= 0.6 is 0 Å². The van der Waals surface area contributed by atoms with Crippen molar-refractivity contribution in [2.45, 2.75) is 51.4 Å². The lowest BCUT2D eigenvalue weighted by molar-refractivity contribution is -0.147. The highest BCUT2D eigenvalue weighted by Crippen LogP contribution is 2.41. The normalized spacial score (nSPS) is 21.3. The van der Waals surface area contributed by atoms with Crippen molar-refractivity contribution in [2.75, 3.05) is 6.54 Å². The second-order valence-electron chi connectivity index (χ2n) is 6.76. The molecule has 21 heavy (non-hydrogen) atoms. The van der Waals surface area contributed by atoms with Crippen molar-refractivity contribution in [3.8, 4) is 0 Å². The second kappa shape index (κ2) is 5.43. The van der Waals surface area contributed by atoms with E-state index in [1.807, 2.05) is 13.8 Å². The van der Waals surface area contributed by atoms with Crippen LogP contribution in [0.3, 0.4) is 0 Å². The maximum Gasteiger partial charge on any atom is 0.325 e. The molecule has 0 aromatic heterocycles. The summed E-state index contributed by atoms with van der Waals surface area (Å²) in [6.45, 7) is 6.35. The summed E-state index contributed by atoms with van der Waals surface area (Å²) in [5.74, 6) is -0.434. The number of benzene rings is 1. The van der Waals surface area contributed by atoms with Crippen molar-refractivity contribution in [1.29, 1.82) is 0 Å². The Morgan fingerprint density at radius 2 is 1.90 bits per heavy atom. The summed E-state index contributed by atoms with van der Waals surface area (Å²) < 4.78 is 0. The van der Waals surface area contributed by atoms with E-state index in [1.54, 1.807) is 0 Å². The molecule has 2 aliphatic rings. The maximum atomic E-state index is 12.0. The van der Waals surface area contributed by atoms with Crippen LogP contribution in [0.2, 0.25) is 0 Å². The smallest absolute Gasteiger partial charge is 0.325 e. The van der Waals surface area contributed by atoms with E-state index >= 15 is 0 Å². The highest BCUT2D eigenvalue weighted by Gasteiger charge is 2.52. The number of fused-ring (bicyclic) bond motifs is 1. The molecule has 0 bridgehead atoms. The summed E-state index contributed by atoms with van der Waals surface area (Å²) in [6.07, 6.45) is 2.04. The Labute approximate surface area is 126 Å². The van der Waals surface area contributed by atoms with Gasteiger partial charge < -0.3 is 5.11 Å². The van der Waals surface area contributed by atoms with Gasteiger partial charge in [-0.25, -0.2) is 0 Å². The minimum Gasteiger partial charge on any atom is -0.480 e. The Bertz CT molecular complexity index is 514. The molecule has 0 spiro atoms. The van der Waals surface area contributed by atoms with E-state index in [0.29, 0.717) is 6.54 Å². The molecule has 1 fully saturated rings. The lowest BCUT2D eigenvalue weighted by Gasteiger charge is -2.36. The average molecular weight is 288 g/mol. The monoisotopic (exact) mass is 288 g/mol. The van der Waals surface area contributed by atoms with Crippen LogP contribution < -0.4 is 5.32 Å². The number of nitrogens with one attached hydrogen (secondary N) is 1. The number of hydrogen-bond acceptors (Lipinski definition) is 3. The summed E-state index contributed by atoms with van der Waals surface area (Å²) >= 11 is 0. The molecular weight excluding hydrogens is 264 g/mol. The molecule has 4 nitrogen and oxygen atoms in total. The van der Waals surface area contributed by atoms with Gasteiger partial charge in [0.05, 0.1) is 0 Å². The number of nitrogens with zero attached hydrogens (tertiary/aromatic N) is 1. The van der Waals surface area contributed by atoms with Crippen LogP contribution in [0.15, 0.2) is 24.3 Å². The predicted molar refractivity (Wildman–Crippen MR) is 81.9 cm³/mol. The van der Waals surface area contributed by atoms with Gasteiger partial charge in [0.2, 0.25) is 0 Å². The molecule has 1 aliphatic carbocycles. The third-order valence-electron chi connectivity index (χ3n) is 4.58. The van der Waals surface area contributed by atoms with Gasteiger partial charge in [0, 0.05) is 25.7 Å². The zero-order valence-corrected chi connectivity index (χ0v) is 12.8. The molecule has 1 unspecified atom stereocenters. The van der Waals surface area contributed by atoms with Gasteiger partial charge in [-0.3, -0.25) is 15.0 Å².